The summed E-state index contributed by atoms with van der Waals surface area (Å²) in [4.78, 5) is 4.36. The summed E-state index contributed by atoms with van der Waals surface area (Å²) in [5.41, 5.74) is -0.753. The van der Waals surface area contributed by atoms with E-state index in [0.29, 0.717) is 5.56 Å². The Kier molecular flexibility index (Phi) is 8.46. The van der Waals surface area contributed by atoms with E-state index >= 15 is 0 Å². The number of aryl methyl sites for hydroxylation is 1. The van der Waals surface area contributed by atoms with Crippen molar-refractivity contribution < 1.29 is 41.3 Å². The van der Waals surface area contributed by atoms with Crippen molar-refractivity contribution in [2.45, 2.75) is 49.8 Å². The molecule has 1 N–H and O–H groups in total. The van der Waals surface area contributed by atoms with Gasteiger partial charge in [-0.15, -0.1) is 5.10 Å². The Morgan fingerprint density at radius 1 is 0.979 bits per heavy atom. The Morgan fingerprint density at radius 2 is 1.71 bits per heavy atom. The number of aromatic nitrogens is 6. The highest BCUT2D eigenvalue weighted by Gasteiger charge is 2.53. The molecule has 10 nitrogen and oxygen atoms in total. The number of aliphatic hydroxyl groups excluding tert-OH is 1. The molecule has 0 saturated carbocycles. The molecular formula is C31H23Cl2F5N6O4. The predicted octanol–water partition coefficient (Wildman–Crippen LogP) is 6.59. The molecule has 0 unspecified atom stereocenters. The third kappa shape index (κ3) is 5.95. The smallest absolute Gasteiger partial charge is 0.388 e. The summed E-state index contributed by atoms with van der Waals surface area (Å²) in [7, 11) is 0. The summed E-state index contributed by atoms with van der Waals surface area (Å²) in [5.74, 6) is -2.11. The minimum atomic E-state index is -4.79. The lowest BCUT2D eigenvalue weighted by Gasteiger charge is -2.47. The molecule has 0 amide bonds. The molecule has 0 radical (unpaired) electrons. The van der Waals surface area contributed by atoms with Gasteiger partial charge in [0.05, 0.1) is 24.1 Å². The fourth-order valence-electron chi connectivity index (χ4n) is 5.88. The van der Waals surface area contributed by atoms with Crippen LogP contribution in [0.15, 0.2) is 66.9 Å². The van der Waals surface area contributed by atoms with Crippen LogP contribution < -0.4 is 0 Å². The number of fused-ring (bicyclic) bond motifs is 1. The van der Waals surface area contributed by atoms with E-state index in [1.807, 2.05) is 6.07 Å². The van der Waals surface area contributed by atoms with Crippen LogP contribution in [0.2, 0.25) is 10.0 Å². The molecule has 4 heterocycles. The summed E-state index contributed by atoms with van der Waals surface area (Å²) < 4.78 is 91.8. The van der Waals surface area contributed by atoms with Crippen molar-refractivity contribution in [3.63, 3.8) is 0 Å². The van der Waals surface area contributed by atoms with E-state index in [1.165, 1.54) is 17.8 Å². The van der Waals surface area contributed by atoms with Crippen LogP contribution in [0.4, 0.5) is 22.0 Å². The highest BCUT2D eigenvalue weighted by molar-refractivity contribution is 6.31. The molecule has 2 fully saturated rings. The van der Waals surface area contributed by atoms with Crippen LogP contribution >= 0.6 is 23.2 Å². The zero-order valence-corrected chi connectivity index (χ0v) is 26.0. The molecule has 2 saturated heterocycles. The lowest BCUT2D eigenvalue weighted by Crippen LogP contribution is -2.57. The third-order valence-electron chi connectivity index (χ3n) is 8.03. The summed E-state index contributed by atoms with van der Waals surface area (Å²) in [6, 6.07) is 12.8. The van der Waals surface area contributed by atoms with Crippen molar-refractivity contribution in [1.29, 1.82) is 0 Å². The fourth-order valence-corrected chi connectivity index (χ4v) is 6.16. The first kappa shape index (κ1) is 32.6. The lowest BCUT2D eigenvalue weighted by atomic mass is 9.91. The number of nitrogens with zero attached hydrogens (tertiary/aromatic N) is 6. The van der Waals surface area contributed by atoms with Crippen molar-refractivity contribution in [3.05, 3.63) is 111 Å². The Bertz CT molecular complexity index is 1950. The number of benzene rings is 3. The maximum atomic E-state index is 14.3. The van der Waals surface area contributed by atoms with E-state index in [2.05, 4.69) is 20.4 Å². The second-order valence-corrected chi connectivity index (χ2v) is 12.0. The highest BCUT2D eigenvalue weighted by Crippen LogP contribution is 2.45. The Hall–Kier alpha value is -3.99. The van der Waals surface area contributed by atoms with Gasteiger partial charge in [0.2, 0.25) is 0 Å². The third-order valence-corrected chi connectivity index (χ3v) is 8.63. The molecule has 17 heteroatoms. The van der Waals surface area contributed by atoms with Crippen LogP contribution in [-0.4, -0.2) is 59.8 Å². The van der Waals surface area contributed by atoms with Crippen molar-refractivity contribution in [3.8, 4) is 16.9 Å². The first-order valence-corrected chi connectivity index (χ1v) is 15.2. The number of ether oxygens (including phenoxy) is 3. The number of hydrogen-bond acceptors (Lipinski definition) is 8. The monoisotopic (exact) mass is 708 g/mol. The van der Waals surface area contributed by atoms with Crippen LogP contribution in [0.1, 0.15) is 41.2 Å². The average molecular weight is 709 g/mol. The topological polar surface area (TPSA) is 109 Å². The number of alkyl halides is 3. The largest absolute Gasteiger partial charge is 0.418 e. The van der Waals surface area contributed by atoms with Gasteiger partial charge < -0.3 is 19.3 Å². The molecule has 3 aromatic carbocycles. The zero-order valence-electron chi connectivity index (χ0n) is 24.5. The van der Waals surface area contributed by atoms with E-state index in [4.69, 9.17) is 37.4 Å². The van der Waals surface area contributed by atoms with Crippen LogP contribution in [-0.2, 0) is 20.4 Å². The predicted molar refractivity (Wildman–Crippen MR) is 159 cm³/mol. The SMILES string of the molecule is Cc1nc([C@@H]2O[C@@H]3CO[C@H](c4ccccc4)O[C@@H]3[C@H](n3cc(-c4cc(F)c(Cl)c(F)c4)nn3)[C@H]2O)n(-c2cc(Cl)ccc2C(F)(F)F)n1. The molecule has 0 spiro atoms. The van der Waals surface area contributed by atoms with Crippen LogP contribution in [0.25, 0.3) is 16.9 Å². The number of rotatable bonds is 5. The van der Waals surface area contributed by atoms with E-state index < -0.39 is 70.8 Å². The Balaban J connectivity index is 1.32. The summed E-state index contributed by atoms with van der Waals surface area (Å²) in [6.45, 7) is 1.41. The maximum absolute atomic E-state index is 14.3. The van der Waals surface area contributed by atoms with Gasteiger partial charge in [-0.3, -0.25) is 0 Å². The van der Waals surface area contributed by atoms with Gasteiger partial charge in [-0.1, -0.05) is 58.7 Å². The van der Waals surface area contributed by atoms with Crippen LogP contribution in [0, 0.1) is 18.6 Å². The molecular weight excluding hydrogens is 686 g/mol. The molecule has 2 aliphatic heterocycles. The van der Waals surface area contributed by atoms with Gasteiger partial charge in [-0.25, -0.2) is 23.1 Å². The van der Waals surface area contributed by atoms with Crippen molar-refractivity contribution >= 4 is 23.2 Å². The molecule has 48 heavy (non-hydrogen) atoms. The maximum Gasteiger partial charge on any atom is 0.418 e. The average Bonchev–Trinajstić information content (AvgIpc) is 3.70. The Morgan fingerprint density at radius 3 is 2.42 bits per heavy atom. The molecule has 0 bridgehead atoms. The van der Waals surface area contributed by atoms with Gasteiger partial charge in [-0.05, 0) is 37.3 Å². The van der Waals surface area contributed by atoms with Gasteiger partial charge >= 0.3 is 6.18 Å². The van der Waals surface area contributed by atoms with Gasteiger partial charge in [0, 0.05) is 16.1 Å². The van der Waals surface area contributed by atoms with Crippen molar-refractivity contribution in [2.24, 2.45) is 0 Å². The van der Waals surface area contributed by atoms with E-state index in [0.717, 1.165) is 35.0 Å². The normalized spacial score (nSPS) is 24.4. The summed E-state index contributed by atoms with van der Waals surface area (Å²) >= 11 is 11.8. The van der Waals surface area contributed by atoms with Crippen LogP contribution in [0.3, 0.4) is 0 Å². The van der Waals surface area contributed by atoms with E-state index in [-0.39, 0.29) is 34.5 Å². The number of aliphatic hydroxyl groups is 1. The van der Waals surface area contributed by atoms with Gasteiger partial charge in [0.25, 0.3) is 0 Å². The van der Waals surface area contributed by atoms with Gasteiger partial charge in [0.1, 0.15) is 58.6 Å². The number of hydrogen-bond donors (Lipinski definition) is 1. The molecule has 6 atom stereocenters. The van der Waals surface area contributed by atoms with E-state index in [1.54, 1.807) is 24.3 Å². The minimum absolute atomic E-state index is 0.00593. The molecule has 7 rings (SSSR count). The van der Waals surface area contributed by atoms with Gasteiger partial charge in [0.15, 0.2) is 12.1 Å². The van der Waals surface area contributed by atoms with E-state index in [9.17, 15) is 27.1 Å². The standard InChI is InChI=1S/C31H23Cl2F5N6O4/c1-14-39-29(44(41-14)22-11-17(32)7-8-18(22)31(36,37)38)28-26(45)25(27-23(47-28)13-46-30(48-27)15-5-3-2-4-6-15)43-12-21(40-42-43)16-9-19(34)24(33)20(35)10-16/h2-12,23,25-28,30,45H,13H2,1H3/t23-,25-,26-,27+,28-,30+/m1/s1. The molecule has 2 aliphatic rings. The van der Waals surface area contributed by atoms with Crippen LogP contribution in [0.5, 0.6) is 0 Å². The molecule has 0 aliphatic carbocycles. The zero-order chi connectivity index (χ0) is 33.9. The molecule has 5 aromatic rings. The Labute approximate surface area is 278 Å². The highest BCUT2D eigenvalue weighted by atomic mass is 35.5. The first-order chi connectivity index (χ1) is 22.9. The fraction of sp³-hybridized carbons (Fsp3) is 0.290. The summed E-state index contributed by atoms with van der Waals surface area (Å²) in [5, 5.41) is 23.7. The summed E-state index contributed by atoms with van der Waals surface area (Å²) in [6.07, 6.45) is -9.18. The van der Waals surface area contributed by atoms with Crippen molar-refractivity contribution in [1.82, 2.24) is 29.8 Å². The minimum Gasteiger partial charge on any atom is -0.388 e. The number of halogens is 7. The second kappa shape index (κ2) is 12.5. The molecule has 250 valence electrons. The first-order valence-electron chi connectivity index (χ1n) is 14.4. The van der Waals surface area contributed by atoms with Gasteiger partial charge in [-0.2, -0.15) is 18.3 Å². The lowest BCUT2D eigenvalue weighted by molar-refractivity contribution is -0.319. The second-order valence-electron chi connectivity index (χ2n) is 11.2. The molecule has 2 aromatic heterocycles. The quantitative estimate of drug-likeness (QED) is 0.161. The van der Waals surface area contributed by atoms with Crippen molar-refractivity contribution in [2.75, 3.05) is 6.61 Å².